The van der Waals surface area contributed by atoms with Crippen molar-refractivity contribution in [3.8, 4) is 0 Å². The Morgan fingerprint density at radius 1 is 1.04 bits per heavy atom. The Morgan fingerprint density at radius 3 is 2.32 bits per heavy atom. The van der Waals surface area contributed by atoms with Gasteiger partial charge in [-0.05, 0) is 17.5 Å². The van der Waals surface area contributed by atoms with Gasteiger partial charge in [-0.15, -0.1) is 0 Å². The highest BCUT2D eigenvalue weighted by Crippen LogP contribution is 2.55. The molecule has 142 valence electrons. The maximum Gasteiger partial charge on any atom is 0.310 e. The molecule has 28 heavy (non-hydrogen) atoms. The zero-order valence-electron chi connectivity index (χ0n) is 15.3. The lowest BCUT2D eigenvalue weighted by Crippen LogP contribution is -2.46. The number of ether oxygens (including phenoxy) is 1. The number of fused-ring (bicyclic) bond motifs is 1. The van der Waals surface area contributed by atoms with E-state index >= 15 is 0 Å². The summed E-state index contributed by atoms with van der Waals surface area (Å²) in [5.41, 5.74) is 1.26. The quantitative estimate of drug-likeness (QED) is 0.816. The van der Waals surface area contributed by atoms with Crippen molar-refractivity contribution in [2.24, 2.45) is 11.8 Å². The van der Waals surface area contributed by atoms with E-state index < -0.39 is 29.5 Å². The molecule has 2 fully saturated rings. The first-order valence-electron chi connectivity index (χ1n) is 9.58. The van der Waals surface area contributed by atoms with E-state index in [9.17, 15) is 14.7 Å². The second kappa shape index (κ2) is 6.31. The summed E-state index contributed by atoms with van der Waals surface area (Å²) in [7, 11) is 0. The number of aliphatic carboxylic acids is 1. The van der Waals surface area contributed by atoms with Gasteiger partial charge < -0.3 is 14.7 Å². The molecule has 0 unspecified atom stereocenters. The summed E-state index contributed by atoms with van der Waals surface area (Å²) >= 11 is 0. The second-order valence-corrected chi connectivity index (χ2v) is 7.79. The van der Waals surface area contributed by atoms with E-state index in [0.29, 0.717) is 13.0 Å². The predicted octanol–water partition coefficient (Wildman–Crippen LogP) is 2.66. The van der Waals surface area contributed by atoms with Crippen LogP contribution >= 0.6 is 0 Å². The Kier molecular flexibility index (Phi) is 3.88. The maximum atomic E-state index is 13.4. The van der Waals surface area contributed by atoms with Crippen LogP contribution in [0.15, 0.2) is 72.8 Å². The minimum Gasteiger partial charge on any atom is -0.481 e. The summed E-state index contributed by atoms with van der Waals surface area (Å²) < 4.78 is 6.23. The number of nitrogens with zero attached hydrogens (tertiary/aromatic N) is 1. The van der Waals surface area contributed by atoms with Gasteiger partial charge in [0.05, 0.1) is 18.1 Å². The minimum absolute atomic E-state index is 0.121. The van der Waals surface area contributed by atoms with Gasteiger partial charge in [-0.2, -0.15) is 0 Å². The molecular weight excluding hydrogens is 354 g/mol. The zero-order valence-corrected chi connectivity index (χ0v) is 15.3. The number of carboxylic acid groups (broad SMARTS) is 1. The molecule has 5 atom stereocenters. The van der Waals surface area contributed by atoms with Crippen molar-refractivity contribution in [3.05, 3.63) is 83.9 Å². The third-order valence-corrected chi connectivity index (χ3v) is 6.28. The van der Waals surface area contributed by atoms with Gasteiger partial charge in [-0.25, -0.2) is 0 Å². The lowest BCUT2D eigenvalue weighted by Gasteiger charge is -2.33. The lowest BCUT2D eigenvalue weighted by atomic mass is 9.74. The number of likely N-dealkylation sites (tertiary alicyclic amines) is 1. The second-order valence-electron chi connectivity index (χ2n) is 7.79. The molecule has 1 spiro atoms. The number of carbonyl (C=O) groups is 2. The Hall–Kier alpha value is -2.92. The summed E-state index contributed by atoms with van der Waals surface area (Å²) in [6, 6.07) is 19.6. The molecule has 2 aromatic rings. The van der Waals surface area contributed by atoms with E-state index in [1.165, 1.54) is 0 Å². The first-order chi connectivity index (χ1) is 13.6. The summed E-state index contributed by atoms with van der Waals surface area (Å²) in [6.07, 6.45) is 3.87. The van der Waals surface area contributed by atoms with Gasteiger partial charge in [0.15, 0.2) is 0 Å². The summed E-state index contributed by atoms with van der Waals surface area (Å²) in [4.78, 5) is 27.2. The topological polar surface area (TPSA) is 66.8 Å². The number of rotatable bonds is 5. The van der Waals surface area contributed by atoms with Crippen LogP contribution in [0.1, 0.15) is 11.1 Å². The van der Waals surface area contributed by atoms with Crippen LogP contribution in [-0.2, 0) is 27.3 Å². The van der Waals surface area contributed by atoms with Crippen molar-refractivity contribution >= 4 is 11.9 Å². The standard InChI is InChI=1S/C23H21NO4/c25-21-20-19(22(26)27)17-11-12-23(20,28-17)18(13-15-7-3-1-4-8-15)24(21)14-16-9-5-2-6-10-16/h1-12,17-20H,13-14H2,(H,26,27)/t17-,18+,19+,20+,23-/m1/s1. The maximum absolute atomic E-state index is 13.4. The van der Waals surface area contributed by atoms with Crippen molar-refractivity contribution in [1.82, 2.24) is 4.90 Å². The highest BCUT2D eigenvalue weighted by molar-refractivity contribution is 5.91. The van der Waals surface area contributed by atoms with Crippen molar-refractivity contribution in [1.29, 1.82) is 0 Å². The van der Waals surface area contributed by atoms with E-state index in [4.69, 9.17) is 4.74 Å². The van der Waals surface area contributed by atoms with Gasteiger partial charge in [0.1, 0.15) is 11.5 Å². The fraction of sp³-hybridized carbons (Fsp3) is 0.304. The Morgan fingerprint density at radius 2 is 1.68 bits per heavy atom. The van der Waals surface area contributed by atoms with Crippen LogP contribution in [0.3, 0.4) is 0 Å². The predicted molar refractivity (Wildman–Crippen MR) is 102 cm³/mol. The van der Waals surface area contributed by atoms with Crippen molar-refractivity contribution in [3.63, 3.8) is 0 Å². The number of carboxylic acids is 1. The summed E-state index contributed by atoms with van der Waals surface area (Å²) in [5, 5.41) is 9.76. The zero-order chi connectivity index (χ0) is 19.3. The average molecular weight is 375 g/mol. The molecule has 1 N–H and O–H groups in total. The smallest absolute Gasteiger partial charge is 0.310 e. The largest absolute Gasteiger partial charge is 0.481 e. The molecule has 3 aliphatic heterocycles. The lowest BCUT2D eigenvalue weighted by molar-refractivity contribution is -0.148. The Balaban J connectivity index is 1.56. The van der Waals surface area contributed by atoms with Crippen LogP contribution in [-0.4, -0.2) is 39.6 Å². The molecule has 0 radical (unpaired) electrons. The molecule has 0 saturated carbocycles. The van der Waals surface area contributed by atoms with Crippen LogP contribution in [0.4, 0.5) is 0 Å². The van der Waals surface area contributed by atoms with E-state index in [-0.39, 0.29) is 11.9 Å². The molecular formula is C23H21NO4. The van der Waals surface area contributed by atoms with E-state index in [1.54, 1.807) is 0 Å². The number of carbonyl (C=O) groups excluding carboxylic acids is 1. The number of benzene rings is 2. The molecule has 3 aliphatic rings. The molecule has 5 rings (SSSR count). The Bertz CT molecular complexity index is 942. The minimum atomic E-state index is -0.963. The van der Waals surface area contributed by atoms with Gasteiger partial charge in [0, 0.05) is 6.54 Å². The number of amides is 1. The highest BCUT2D eigenvalue weighted by Gasteiger charge is 2.70. The number of hydrogen-bond donors (Lipinski definition) is 1. The van der Waals surface area contributed by atoms with E-state index in [0.717, 1.165) is 11.1 Å². The van der Waals surface area contributed by atoms with E-state index in [1.807, 2.05) is 77.7 Å². The van der Waals surface area contributed by atoms with Crippen molar-refractivity contribution in [2.45, 2.75) is 30.7 Å². The molecule has 5 nitrogen and oxygen atoms in total. The molecule has 2 aromatic carbocycles. The van der Waals surface area contributed by atoms with Gasteiger partial charge in [-0.3, -0.25) is 9.59 Å². The van der Waals surface area contributed by atoms with Gasteiger partial charge in [0.25, 0.3) is 0 Å². The molecule has 1 amide bonds. The molecule has 2 saturated heterocycles. The summed E-state index contributed by atoms with van der Waals surface area (Å²) in [5.74, 6) is -2.58. The van der Waals surface area contributed by atoms with Crippen LogP contribution < -0.4 is 0 Å². The highest BCUT2D eigenvalue weighted by atomic mass is 16.5. The Labute approximate surface area is 163 Å². The molecule has 2 bridgehead atoms. The number of hydrogen-bond acceptors (Lipinski definition) is 3. The third kappa shape index (κ3) is 2.43. The average Bonchev–Trinajstić information content (AvgIpc) is 3.34. The SMILES string of the molecule is O=C(O)[C@@H]1[C@H]2C(=O)N(Cc3ccccc3)[C@@H](Cc3ccccc3)[C@]23C=C[C@H]1O3. The normalized spacial score (nSPS) is 32.7. The monoisotopic (exact) mass is 375 g/mol. The van der Waals surface area contributed by atoms with Gasteiger partial charge in [-0.1, -0.05) is 72.8 Å². The fourth-order valence-corrected chi connectivity index (χ4v) is 5.08. The van der Waals surface area contributed by atoms with Crippen molar-refractivity contribution in [2.75, 3.05) is 0 Å². The van der Waals surface area contributed by atoms with Gasteiger partial charge >= 0.3 is 5.97 Å². The summed E-state index contributed by atoms with van der Waals surface area (Å²) in [6.45, 7) is 0.448. The first kappa shape index (κ1) is 17.2. The van der Waals surface area contributed by atoms with Crippen LogP contribution in [0, 0.1) is 11.8 Å². The molecule has 5 heteroatoms. The first-order valence-corrected chi connectivity index (χ1v) is 9.58. The van der Waals surface area contributed by atoms with Crippen LogP contribution in [0.5, 0.6) is 0 Å². The molecule has 0 aromatic heterocycles. The fourth-order valence-electron chi connectivity index (χ4n) is 5.08. The van der Waals surface area contributed by atoms with Crippen molar-refractivity contribution < 1.29 is 19.4 Å². The molecule has 3 heterocycles. The van der Waals surface area contributed by atoms with Crippen LogP contribution in [0.25, 0.3) is 0 Å². The van der Waals surface area contributed by atoms with E-state index in [2.05, 4.69) is 0 Å². The third-order valence-electron chi connectivity index (χ3n) is 6.28. The van der Waals surface area contributed by atoms with Crippen LogP contribution in [0.2, 0.25) is 0 Å². The molecule has 0 aliphatic carbocycles. The van der Waals surface area contributed by atoms with Gasteiger partial charge in [0.2, 0.25) is 5.91 Å².